The summed E-state index contributed by atoms with van der Waals surface area (Å²) in [5, 5.41) is 6.50. The lowest BCUT2D eigenvalue weighted by atomic mass is 9.74. The Morgan fingerprint density at radius 3 is 2.15 bits per heavy atom. The first-order valence-electron chi connectivity index (χ1n) is 22.4. The number of methoxy groups -OCH3 is 2. The topological polar surface area (TPSA) is 145 Å². The van der Waals surface area contributed by atoms with Gasteiger partial charge in [0.25, 0.3) is 0 Å². The van der Waals surface area contributed by atoms with Crippen LogP contribution in [-0.2, 0) is 31.9 Å². The fourth-order valence-electron chi connectivity index (χ4n) is 10.2. The zero-order valence-corrected chi connectivity index (χ0v) is 36.9. The Morgan fingerprint density at radius 1 is 0.774 bits per heavy atom. The van der Waals surface area contributed by atoms with Gasteiger partial charge in [-0.2, -0.15) is 0 Å². The van der Waals surface area contributed by atoms with E-state index in [-0.39, 0.29) is 41.7 Å². The van der Waals surface area contributed by atoms with Crippen LogP contribution in [0.3, 0.4) is 0 Å². The third-order valence-electron chi connectivity index (χ3n) is 13.5. The summed E-state index contributed by atoms with van der Waals surface area (Å²) in [4.78, 5) is 62.6. The van der Waals surface area contributed by atoms with Crippen LogP contribution in [0.15, 0.2) is 71.9 Å². The van der Waals surface area contributed by atoms with E-state index in [2.05, 4.69) is 76.4 Å². The summed E-state index contributed by atoms with van der Waals surface area (Å²) in [5.41, 5.74) is 14.3. The van der Waals surface area contributed by atoms with E-state index in [0.29, 0.717) is 13.0 Å². The zero-order chi connectivity index (χ0) is 43.7. The Bertz CT molecular complexity index is 2410. The smallest absolute Gasteiger partial charge is 0.425 e. The van der Waals surface area contributed by atoms with Gasteiger partial charge in [-0.1, -0.05) is 75.2 Å². The predicted molar refractivity (Wildman–Crippen MR) is 242 cm³/mol. The molecule has 1 aromatic heterocycles. The summed E-state index contributed by atoms with van der Waals surface area (Å²) < 4.78 is 9.63. The number of alkyl carbamates (subject to hydrolysis) is 1. The normalized spacial score (nSPS) is 20.2. The molecule has 3 aromatic carbocycles. The predicted octanol–water partition coefficient (Wildman–Crippen LogP) is 9.53. The molecular formula is C50H60N6O6. The number of hydrogen-bond donors (Lipinski definition) is 3. The Hall–Kier alpha value is -5.91. The molecule has 0 radical (unpaired) electrons. The lowest BCUT2D eigenvalue weighted by molar-refractivity contribution is -0.142. The minimum Gasteiger partial charge on any atom is -0.453 e. The molecule has 4 atom stereocenters. The number of aromatic amines is 1. The van der Waals surface area contributed by atoms with E-state index in [0.717, 1.165) is 113 Å². The number of hydrogen-bond acceptors (Lipinski definition) is 7. The van der Waals surface area contributed by atoms with Crippen molar-refractivity contribution < 1.29 is 28.7 Å². The molecule has 3 N–H and O–H groups in total. The van der Waals surface area contributed by atoms with Gasteiger partial charge in [0, 0.05) is 54.1 Å². The van der Waals surface area contributed by atoms with Gasteiger partial charge in [-0.25, -0.2) is 20.0 Å². The van der Waals surface area contributed by atoms with Crippen LogP contribution in [0.5, 0.6) is 0 Å². The molecule has 62 heavy (non-hydrogen) atoms. The van der Waals surface area contributed by atoms with E-state index in [1.165, 1.54) is 30.4 Å². The summed E-state index contributed by atoms with van der Waals surface area (Å²) in [5.74, 6) is -0.447. The number of rotatable bonds is 10. The van der Waals surface area contributed by atoms with E-state index < -0.39 is 18.2 Å². The maximum atomic E-state index is 13.9. The Labute approximate surface area is 364 Å². The molecule has 4 aliphatic rings. The molecule has 12 heteroatoms. The van der Waals surface area contributed by atoms with E-state index in [1.807, 2.05) is 38.8 Å². The molecule has 2 aliphatic heterocycles. The largest absolute Gasteiger partial charge is 0.453 e. The summed E-state index contributed by atoms with van der Waals surface area (Å²) in [6.07, 6.45) is 10.0. The van der Waals surface area contributed by atoms with Crippen LogP contribution in [0.1, 0.15) is 107 Å². The lowest BCUT2D eigenvalue weighted by Crippen LogP contribution is -2.54. The monoisotopic (exact) mass is 840 g/mol. The molecule has 3 heterocycles. The first-order valence-corrected chi connectivity index (χ1v) is 22.4. The van der Waals surface area contributed by atoms with Gasteiger partial charge in [-0.15, -0.1) is 0 Å². The Kier molecular flexibility index (Phi) is 12.6. The van der Waals surface area contributed by atoms with Crippen LogP contribution in [0.4, 0.5) is 9.59 Å². The number of fused-ring (bicyclic) bond motifs is 2. The molecule has 12 nitrogen and oxygen atoms in total. The van der Waals surface area contributed by atoms with Crippen LogP contribution in [0, 0.1) is 17.8 Å². The zero-order valence-electron chi connectivity index (χ0n) is 36.9. The second kappa shape index (κ2) is 18.2. The van der Waals surface area contributed by atoms with E-state index >= 15 is 0 Å². The van der Waals surface area contributed by atoms with Gasteiger partial charge in [-0.3, -0.25) is 14.6 Å². The quantitative estimate of drug-likeness (QED) is 0.136. The first kappa shape index (κ1) is 42.8. The number of allylic oxidation sites excluding steroid dienone is 1. The fourth-order valence-corrected chi connectivity index (χ4v) is 10.2. The number of amides is 4. The molecule has 326 valence electrons. The molecule has 2 aliphatic carbocycles. The fraction of sp³-hybridized carbons (Fsp3) is 0.460. The lowest BCUT2D eigenvalue weighted by Gasteiger charge is -2.36. The number of aliphatic imine (C=N–C) groups is 1. The van der Waals surface area contributed by atoms with Crippen molar-refractivity contribution in [3.8, 4) is 22.4 Å². The maximum Gasteiger partial charge on any atom is 0.425 e. The molecule has 0 bridgehead atoms. The van der Waals surface area contributed by atoms with Crippen LogP contribution in [-0.4, -0.2) is 77.5 Å². The third-order valence-corrected chi connectivity index (χ3v) is 13.5. The van der Waals surface area contributed by atoms with Crippen LogP contribution >= 0.6 is 0 Å². The Morgan fingerprint density at radius 2 is 1.44 bits per heavy atom. The number of benzene rings is 3. The van der Waals surface area contributed by atoms with Crippen LogP contribution in [0.25, 0.3) is 38.7 Å². The summed E-state index contributed by atoms with van der Waals surface area (Å²) in [6, 6.07) is 21.1. The average Bonchev–Trinajstić information content (AvgIpc) is 4.12. The van der Waals surface area contributed by atoms with Gasteiger partial charge in [0.2, 0.25) is 11.8 Å². The van der Waals surface area contributed by atoms with Crippen LogP contribution < -0.4 is 10.7 Å². The number of ether oxygens (including phenoxy) is 2. The van der Waals surface area contributed by atoms with Crippen molar-refractivity contribution in [3.63, 3.8) is 0 Å². The van der Waals surface area contributed by atoms with Gasteiger partial charge in [-0.05, 0) is 127 Å². The van der Waals surface area contributed by atoms with Gasteiger partial charge in [0.15, 0.2) is 0 Å². The van der Waals surface area contributed by atoms with Crippen LogP contribution in [0.2, 0.25) is 0 Å². The molecule has 1 unspecified atom stereocenters. The highest BCUT2D eigenvalue weighted by atomic mass is 16.5. The summed E-state index contributed by atoms with van der Waals surface area (Å²) in [7, 11) is 2.62. The van der Waals surface area contributed by atoms with Crippen molar-refractivity contribution in [2.24, 2.45) is 22.7 Å². The standard InChI is InChI=1S/C50H60N6O6/c1-29(2)44(53-49(59)61-5)48(58)55-24-10-15-43(55)46-40-14-9-13-39(40)45(52-46)32-18-16-31(17-19-32)33-20-21-35-26-36(23-22-34(35)25-33)37-27-42(51-28-37)38-11-7-8-12-41(38)47(57)56(30(3)4)54-50(60)62-6/h16-23,25-26,28-30,38,41,43-44,52H,7-15,24,27H2,1-6H3,(H,53,59)(H,54,60)/t38?,41-,43-,44-/m0/s1. The SMILES string of the molecule is COC(=O)N[C@H](C(=O)N1CCC[C@H]1c1[nH]c(-c2ccc(-c3ccc4cc(C5=CN=C(C6CCCC[C@@H]6C(=O)N(NC(=O)OC)C(C)C)C5)ccc4c3)cc2)c2c1CCC2)C(C)C. The molecular weight excluding hydrogens is 781 g/mol. The van der Waals surface area contributed by atoms with E-state index in [9.17, 15) is 19.2 Å². The first-order chi connectivity index (χ1) is 29.9. The van der Waals surface area contributed by atoms with Gasteiger partial charge < -0.3 is 24.7 Å². The molecule has 1 saturated carbocycles. The number of carbonyl (C=O) groups excluding carboxylic acids is 4. The minimum absolute atomic E-state index is 0.0225. The number of carbonyl (C=O) groups is 4. The summed E-state index contributed by atoms with van der Waals surface area (Å²) in [6.45, 7) is 8.33. The van der Waals surface area contributed by atoms with Gasteiger partial charge in [0.1, 0.15) is 6.04 Å². The van der Waals surface area contributed by atoms with Crippen molar-refractivity contribution in [3.05, 3.63) is 89.2 Å². The second-order valence-electron chi connectivity index (χ2n) is 18.0. The Balaban J connectivity index is 0.957. The van der Waals surface area contributed by atoms with Crippen molar-refractivity contribution in [1.82, 2.24) is 25.6 Å². The number of nitrogens with zero attached hydrogens (tertiary/aromatic N) is 3. The van der Waals surface area contributed by atoms with Crippen molar-refractivity contribution in [1.29, 1.82) is 0 Å². The number of likely N-dealkylation sites (tertiary alicyclic amines) is 1. The summed E-state index contributed by atoms with van der Waals surface area (Å²) >= 11 is 0. The number of aromatic nitrogens is 1. The van der Waals surface area contributed by atoms with Gasteiger partial charge >= 0.3 is 12.2 Å². The highest BCUT2D eigenvalue weighted by Crippen LogP contribution is 2.43. The molecule has 8 rings (SSSR count). The second-order valence-corrected chi connectivity index (χ2v) is 18.0. The number of H-pyrrole nitrogens is 1. The van der Waals surface area contributed by atoms with Crippen molar-refractivity contribution in [2.45, 2.75) is 110 Å². The van der Waals surface area contributed by atoms with Gasteiger partial charge in [0.05, 0.1) is 20.3 Å². The van der Waals surface area contributed by atoms with Crippen molar-refractivity contribution >= 4 is 46.1 Å². The third kappa shape index (κ3) is 8.48. The van der Waals surface area contributed by atoms with E-state index in [4.69, 9.17) is 14.5 Å². The van der Waals surface area contributed by atoms with Crippen molar-refractivity contribution in [2.75, 3.05) is 20.8 Å². The average molecular weight is 841 g/mol. The highest BCUT2D eigenvalue weighted by molar-refractivity contribution is 6.03. The molecule has 1 saturated heterocycles. The van der Waals surface area contributed by atoms with E-state index in [1.54, 1.807) is 0 Å². The number of hydrazine groups is 1. The molecule has 2 fully saturated rings. The number of nitrogens with one attached hydrogen (secondary N) is 3. The minimum atomic E-state index is -0.649. The maximum absolute atomic E-state index is 13.9. The molecule has 4 aromatic rings. The molecule has 4 amide bonds. The highest BCUT2D eigenvalue weighted by Gasteiger charge is 2.40. The molecule has 0 spiro atoms.